The number of carbonyl (C=O) groups excluding carboxylic acids is 2. The van der Waals surface area contributed by atoms with E-state index in [1.807, 2.05) is 13.8 Å². The van der Waals surface area contributed by atoms with Crippen molar-refractivity contribution in [2.75, 3.05) is 13.1 Å². The molecule has 1 rings (SSSR count). The predicted molar refractivity (Wildman–Crippen MR) is 68.4 cm³/mol. The highest BCUT2D eigenvalue weighted by atomic mass is 35.5. The third-order valence-corrected chi connectivity index (χ3v) is 2.40. The van der Waals surface area contributed by atoms with Gasteiger partial charge in [0, 0.05) is 6.54 Å². The Morgan fingerprint density at radius 3 is 2.61 bits per heavy atom. The van der Waals surface area contributed by atoms with Crippen molar-refractivity contribution in [2.24, 2.45) is 5.92 Å². The molecular weight excluding hydrogens is 256 g/mol. The van der Waals surface area contributed by atoms with E-state index in [0.29, 0.717) is 18.2 Å². The zero-order chi connectivity index (χ0) is 13.5. The maximum Gasteiger partial charge on any atom is 0.287 e. The third-order valence-electron chi connectivity index (χ3n) is 2.13. The van der Waals surface area contributed by atoms with Crippen LogP contribution in [0.3, 0.4) is 0 Å². The standard InChI is InChI=1S/C12H17ClN2O3/c1-8(2)6-14-11(16)7-15-12(17)10-4-3-9(5-13)18-10/h3-4,8H,5-7H2,1-2H3,(H,14,16)(H,15,17). The molecule has 1 aromatic heterocycles. The Morgan fingerprint density at radius 2 is 2.06 bits per heavy atom. The van der Waals surface area contributed by atoms with Crippen LogP contribution in [0.1, 0.15) is 30.2 Å². The summed E-state index contributed by atoms with van der Waals surface area (Å²) >= 11 is 5.55. The van der Waals surface area contributed by atoms with Crippen LogP contribution < -0.4 is 10.6 Å². The zero-order valence-electron chi connectivity index (χ0n) is 10.5. The minimum Gasteiger partial charge on any atom is -0.455 e. The molecule has 0 saturated heterocycles. The van der Waals surface area contributed by atoms with Gasteiger partial charge in [-0.15, -0.1) is 11.6 Å². The van der Waals surface area contributed by atoms with Gasteiger partial charge in [-0.2, -0.15) is 0 Å². The topological polar surface area (TPSA) is 71.3 Å². The van der Waals surface area contributed by atoms with E-state index >= 15 is 0 Å². The van der Waals surface area contributed by atoms with E-state index in [1.54, 1.807) is 6.07 Å². The van der Waals surface area contributed by atoms with Gasteiger partial charge in [0.2, 0.25) is 5.91 Å². The number of carbonyl (C=O) groups is 2. The average Bonchev–Trinajstić information content (AvgIpc) is 2.82. The number of halogens is 1. The normalized spacial score (nSPS) is 10.4. The molecule has 0 radical (unpaired) electrons. The molecule has 100 valence electrons. The van der Waals surface area contributed by atoms with Crippen LogP contribution in [-0.4, -0.2) is 24.9 Å². The fourth-order valence-electron chi connectivity index (χ4n) is 1.20. The lowest BCUT2D eigenvalue weighted by atomic mass is 10.2. The molecule has 2 N–H and O–H groups in total. The van der Waals surface area contributed by atoms with Crippen LogP contribution >= 0.6 is 11.6 Å². The van der Waals surface area contributed by atoms with Crippen LogP contribution in [0, 0.1) is 5.92 Å². The van der Waals surface area contributed by atoms with Crippen molar-refractivity contribution in [3.05, 3.63) is 23.7 Å². The highest BCUT2D eigenvalue weighted by molar-refractivity contribution is 6.16. The van der Waals surface area contributed by atoms with Gasteiger partial charge in [0.15, 0.2) is 5.76 Å². The molecule has 0 spiro atoms. The first-order chi connectivity index (χ1) is 8.52. The molecule has 1 heterocycles. The average molecular weight is 273 g/mol. The van der Waals surface area contributed by atoms with E-state index in [4.69, 9.17) is 16.0 Å². The molecule has 6 heteroatoms. The van der Waals surface area contributed by atoms with Crippen molar-refractivity contribution >= 4 is 23.4 Å². The lowest BCUT2D eigenvalue weighted by Gasteiger charge is -2.07. The van der Waals surface area contributed by atoms with Gasteiger partial charge >= 0.3 is 0 Å². The molecule has 18 heavy (non-hydrogen) atoms. The molecule has 0 unspecified atom stereocenters. The maximum atomic E-state index is 11.6. The van der Waals surface area contributed by atoms with Crippen LogP contribution in [0.5, 0.6) is 0 Å². The van der Waals surface area contributed by atoms with Crippen molar-refractivity contribution in [2.45, 2.75) is 19.7 Å². The summed E-state index contributed by atoms with van der Waals surface area (Å²) in [6.45, 7) is 4.51. The Kier molecular flexibility index (Phi) is 5.71. The van der Waals surface area contributed by atoms with Crippen LogP contribution in [0.2, 0.25) is 0 Å². The summed E-state index contributed by atoms with van der Waals surface area (Å²) in [5.74, 6) is 0.615. The second-order valence-corrected chi connectivity index (χ2v) is 4.55. The quantitative estimate of drug-likeness (QED) is 0.772. The third kappa shape index (κ3) is 4.79. The molecule has 0 aromatic carbocycles. The van der Waals surface area contributed by atoms with Gasteiger partial charge in [-0.05, 0) is 18.1 Å². The van der Waals surface area contributed by atoms with Crippen LogP contribution in [0.15, 0.2) is 16.5 Å². The first kappa shape index (κ1) is 14.6. The summed E-state index contributed by atoms with van der Waals surface area (Å²) in [6.07, 6.45) is 0. The minimum absolute atomic E-state index is 0.0670. The highest BCUT2D eigenvalue weighted by Crippen LogP contribution is 2.09. The Labute approximate surface area is 111 Å². The molecule has 0 fully saturated rings. The number of hydrogen-bond donors (Lipinski definition) is 2. The number of rotatable bonds is 6. The first-order valence-corrected chi connectivity index (χ1v) is 6.26. The zero-order valence-corrected chi connectivity index (χ0v) is 11.2. The van der Waals surface area contributed by atoms with E-state index < -0.39 is 5.91 Å². The fraction of sp³-hybridized carbons (Fsp3) is 0.500. The Balaban J connectivity index is 2.34. The molecule has 0 aliphatic heterocycles. The molecule has 0 saturated carbocycles. The van der Waals surface area contributed by atoms with Gasteiger partial charge in [-0.3, -0.25) is 9.59 Å². The summed E-state index contributed by atoms with van der Waals surface area (Å²) < 4.78 is 5.15. The van der Waals surface area contributed by atoms with E-state index in [0.717, 1.165) is 0 Å². The van der Waals surface area contributed by atoms with E-state index in [2.05, 4.69) is 10.6 Å². The summed E-state index contributed by atoms with van der Waals surface area (Å²) in [6, 6.07) is 3.15. The van der Waals surface area contributed by atoms with Crippen LogP contribution in [-0.2, 0) is 10.7 Å². The number of amides is 2. The molecule has 0 atom stereocenters. The lowest BCUT2D eigenvalue weighted by Crippen LogP contribution is -2.38. The van der Waals surface area contributed by atoms with E-state index in [-0.39, 0.29) is 24.1 Å². The van der Waals surface area contributed by atoms with Crippen molar-refractivity contribution in [3.63, 3.8) is 0 Å². The summed E-state index contributed by atoms with van der Waals surface area (Å²) in [7, 11) is 0. The SMILES string of the molecule is CC(C)CNC(=O)CNC(=O)c1ccc(CCl)o1. The summed E-state index contributed by atoms with van der Waals surface area (Å²) in [4.78, 5) is 23.0. The second kappa shape index (κ2) is 7.06. The van der Waals surface area contributed by atoms with Crippen LogP contribution in [0.4, 0.5) is 0 Å². The smallest absolute Gasteiger partial charge is 0.287 e. The maximum absolute atomic E-state index is 11.6. The van der Waals surface area contributed by atoms with Gasteiger partial charge in [0.05, 0.1) is 12.4 Å². The molecule has 0 aliphatic rings. The van der Waals surface area contributed by atoms with Gasteiger partial charge in [0.1, 0.15) is 5.76 Å². The van der Waals surface area contributed by atoms with E-state index in [9.17, 15) is 9.59 Å². The minimum atomic E-state index is -0.425. The molecule has 1 aromatic rings. The Morgan fingerprint density at radius 1 is 1.33 bits per heavy atom. The molecule has 0 aliphatic carbocycles. The predicted octanol–water partition coefficient (Wildman–Crippen LogP) is 1.52. The summed E-state index contributed by atoms with van der Waals surface area (Å²) in [5.41, 5.74) is 0. The highest BCUT2D eigenvalue weighted by Gasteiger charge is 2.12. The number of furan rings is 1. The van der Waals surface area contributed by atoms with Crippen molar-refractivity contribution in [1.82, 2.24) is 10.6 Å². The molecular formula is C12H17ClN2O3. The van der Waals surface area contributed by atoms with Crippen LogP contribution in [0.25, 0.3) is 0 Å². The van der Waals surface area contributed by atoms with Gasteiger partial charge in [-0.25, -0.2) is 0 Å². The Hall–Kier alpha value is -1.49. The number of hydrogen-bond acceptors (Lipinski definition) is 3. The molecule has 2 amide bonds. The number of alkyl halides is 1. The van der Waals surface area contributed by atoms with E-state index in [1.165, 1.54) is 6.07 Å². The fourth-order valence-corrected chi connectivity index (χ4v) is 1.34. The lowest BCUT2D eigenvalue weighted by molar-refractivity contribution is -0.120. The Bertz CT molecular complexity index is 415. The van der Waals surface area contributed by atoms with Crippen molar-refractivity contribution in [3.8, 4) is 0 Å². The van der Waals surface area contributed by atoms with Gasteiger partial charge in [-0.1, -0.05) is 13.8 Å². The molecule has 0 bridgehead atoms. The molecule has 5 nitrogen and oxygen atoms in total. The van der Waals surface area contributed by atoms with Crippen molar-refractivity contribution < 1.29 is 14.0 Å². The number of nitrogens with one attached hydrogen (secondary N) is 2. The monoisotopic (exact) mass is 272 g/mol. The van der Waals surface area contributed by atoms with Gasteiger partial charge in [0.25, 0.3) is 5.91 Å². The van der Waals surface area contributed by atoms with Gasteiger partial charge < -0.3 is 15.1 Å². The summed E-state index contributed by atoms with van der Waals surface area (Å²) in [5, 5.41) is 5.17. The van der Waals surface area contributed by atoms with Crippen molar-refractivity contribution in [1.29, 1.82) is 0 Å². The second-order valence-electron chi connectivity index (χ2n) is 4.28. The largest absolute Gasteiger partial charge is 0.455 e. The first-order valence-electron chi connectivity index (χ1n) is 5.72.